The van der Waals surface area contributed by atoms with E-state index in [0.717, 1.165) is 6.42 Å². The predicted molar refractivity (Wildman–Crippen MR) is 54.1 cm³/mol. The molecule has 1 aromatic heterocycles. The van der Waals surface area contributed by atoms with Gasteiger partial charge in [-0.05, 0) is 13.3 Å². The van der Waals surface area contributed by atoms with E-state index in [-0.39, 0.29) is 5.56 Å². The van der Waals surface area contributed by atoms with Crippen LogP contribution in [0.1, 0.15) is 25.5 Å². The highest BCUT2D eigenvalue weighted by molar-refractivity contribution is 4.96. The van der Waals surface area contributed by atoms with Gasteiger partial charge in [0.25, 0.3) is 5.56 Å². The van der Waals surface area contributed by atoms with E-state index in [2.05, 4.69) is 4.98 Å². The molecule has 0 aliphatic heterocycles. The van der Waals surface area contributed by atoms with E-state index >= 15 is 0 Å². The van der Waals surface area contributed by atoms with E-state index in [1.807, 2.05) is 6.92 Å². The molecule has 78 valence electrons. The number of aliphatic hydroxyl groups excluding tert-OH is 1. The average molecular weight is 196 g/mol. The van der Waals surface area contributed by atoms with Gasteiger partial charge in [0, 0.05) is 11.8 Å². The third-order valence-corrected chi connectivity index (χ3v) is 2.05. The molecule has 0 aromatic carbocycles. The maximum atomic E-state index is 11.4. The molecule has 1 atom stereocenters. The van der Waals surface area contributed by atoms with Gasteiger partial charge in [0.05, 0.1) is 19.0 Å². The molecule has 0 radical (unpaired) electrons. The summed E-state index contributed by atoms with van der Waals surface area (Å²) >= 11 is 0. The molecule has 0 saturated carbocycles. The van der Waals surface area contributed by atoms with E-state index in [1.54, 1.807) is 6.92 Å². The first-order valence-corrected chi connectivity index (χ1v) is 4.84. The van der Waals surface area contributed by atoms with E-state index in [4.69, 9.17) is 0 Å². The Kier molecular flexibility index (Phi) is 3.83. The molecule has 1 rings (SSSR count). The van der Waals surface area contributed by atoms with Crippen molar-refractivity contribution in [2.24, 2.45) is 0 Å². The maximum absolute atomic E-state index is 11.4. The van der Waals surface area contributed by atoms with E-state index in [1.165, 1.54) is 17.0 Å². The van der Waals surface area contributed by atoms with Crippen LogP contribution in [0, 0.1) is 6.92 Å². The summed E-state index contributed by atoms with van der Waals surface area (Å²) < 4.78 is 1.44. The van der Waals surface area contributed by atoms with Gasteiger partial charge in [-0.1, -0.05) is 13.3 Å². The fourth-order valence-electron chi connectivity index (χ4n) is 1.31. The summed E-state index contributed by atoms with van der Waals surface area (Å²) in [6.45, 7) is 4.10. The molecule has 0 aliphatic carbocycles. The summed E-state index contributed by atoms with van der Waals surface area (Å²) in [7, 11) is 0. The minimum Gasteiger partial charge on any atom is -0.391 e. The summed E-state index contributed by atoms with van der Waals surface area (Å²) in [6.07, 6.45) is 2.65. The van der Waals surface area contributed by atoms with Gasteiger partial charge in [-0.15, -0.1) is 0 Å². The predicted octanol–water partition coefficient (Wildman–Crippen LogP) is 0.713. The Labute approximate surface area is 83.2 Å². The van der Waals surface area contributed by atoms with Crippen molar-refractivity contribution in [1.29, 1.82) is 0 Å². The second kappa shape index (κ2) is 4.91. The zero-order valence-corrected chi connectivity index (χ0v) is 8.60. The number of aryl methyl sites for hydroxylation is 1. The quantitative estimate of drug-likeness (QED) is 0.771. The van der Waals surface area contributed by atoms with Crippen LogP contribution in [0.5, 0.6) is 0 Å². The number of aromatic nitrogens is 2. The van der Waals surface area contributed by atoms with Gasteiger partial charge in [0.1, 0.15) is 0 Å². The van der Waals surface area contributed by atoms with Crippen molar-refractivity contribution in [2.45, 2.75) is 39.3 Å². The van der Waals surface area contributed by atoms with Crippen molar-refractivity contribution in [3.8, 4) is 0 Å². The van der Waals surface area contributed by atoms with Crippen molar-refractivity contribution in [3.63, 3.8) is 0 Å². The number of aliphatic hydroxyl groups is 1. The summed E-state index contributed by atoms with van der Waals surface area (Å²) in [5.74, 6) is 0. The van der Waals surface area contributed by atoms with E-state index in [0.29, 0.717) is 18.7 Å². The lowest BCUT2D eigenvalue weighted by Crippen LogP contribution is -2.26. The fourth-order valence-corrected chi connectivity index (χ4v) is 1.31. The van der Waals surface area contributed by atoms with Gasteiger partial charge in [0.15, 0.2) is 0 Å². The normalized spacial score (nSPS) is 12.8. The molecule has 1 aromatic rings. The van der Waals surface area contributed by atoms with Crippen molar-refractivity contribution >= 4 is 0 Å². The molecule has 0 saturated heterocycles. The lowest BCUT2D eigenvalue weighted by molar-refractivity contribution is 0.141. The van der Waals surface area contributed by atoms with E-state index < -0.39 is 6.10 Å². The first-order chi connectivity index (χ1) is 6.63. The van der Waals surface area contributed by atoms with Crippen LogP contribution in [-0.4, -0.2) is 20.8 Å². The largest absolute Gasteiger partial charge is 0.391 e. The molecule has 1 heterocycles. The van der Waals surface area contributed by atoms with Crippen LogP contribution < -0.4 is 5.56 Å². The van der Waals surface area contributed by atoms with Crippen molar-refractivity contribution in [1.82, 2.24) is 9.55 Å². The molecule has 0 spiro atoms. The molecule has 0 amide bonds. The van der Waals surface area contributed by atoms with Crippen LogP contribution in [-0.2, 0) is 6.54 Å². The molecule has 0 aliphatic rings. The Hall–Kier alpha value is -1.16. The minimum atomic E-state index is -0.456. The van der Waals surface area contributed by atoms with Crippen molar-refractivity contribution < 1.29 is 5.11 Å². The highest BCUT2D eigenvalue weighted by Gasteiger charge is 2.05. The monoisotopic (exact) mass is 196 g/mol. The standard InChI is InChI=1S/C10H16N2O2/c1-3-4-9(13)6-12-7-11-8(2)5-10(12)14/h5,7,9,13H,3-4,6H2,1-2H3. The Morgan fingerprint density at radius 2 is 2.36 bits per heavy atom. The first-order valence-electron chi connectivity index (χ1n) is 4.84. The van der Waals surface area contributed by atoms with Crippen molar-refractivity contribution in [3.05, 3.63) is 28.4 Å². The molecule has 1 N–H and O–H groups in total. The van der Waals surface area contributed by atoms with Crippen LogP contribution in [0.3, 0.4) is 0 Å². The Morgan fingerprint density at radius 3 is 2.93 bits per heavy atom. The SMILES string of the molecule is CCCC(O)Cn1cnc(C)cc1=O. The molecule has 4 heteroatoms. The molecule has 1 unspecified atom stereocenters. The van der Waals surface area contributed by atoms with Crippen LogP contribution in [0.25, 0.3) is 0 Å². The fraction of sp³-hybridized carbons (Fsp3) is 0.600. The Balaban J connectivity index is 2.72. The number of nitrogens with zero attached hydrogens (tertiary/aromatic N) is 2. The smallest absolute Gasteiger partial charge is 0.253 e. The Bertz CT molecular complexity index is 346. The summed E-state index contributed by atoms with van der Waals surface area (Å²) in [6, 6.07) is 1.47. The summed E-state index contributed by atoms with van der Waals surface area (Å²) in [5, 5.41) is 9.51. The third-order valence-electron chi connectivity index (χ3n) is 2.05. The Morgan fingerprint density at radius 1 is 1.64 bits per heavy atom. The van der Waals surface area contributed by atoms with E-state index in [9.17, 15) is 9.90 Å². The third kappa shape index (κ3) is 2.96. The topological polar surface area (TPSA) is 55.1 Å². The van der Waals surface area contributed by atoms with Crippen LogP contribution in [0.4, 0.5) is 0 Å². The van der Waals surface area contributed by atoms with Gasteiger partial charge >= 0.3 is 0 Å². The van der Waals surface area contributed by atoms with Crippen LogP contribution in [0.15, 0.2) is 17.2 Å². The zero-order chi connectivity index (χ0) is 10.6. The highest BCUT2D eigenvalue weighted by Crippen LogP contribution is 1.98. The molecular formula is C10H16N2O2. The molecular weight excluding hydrogens is 180 g/mol. The summed E-state index contributed by atoms with van der Waals surface area (Å²) in [4.78, 5) is 15.4. The molecule has 0 fully saturated rings. The number of rotatable bonds is 4. The molecule has 14 heavy (non-hydrogen) atoms. The maximum Gasteiger partial charge on any atom is 0.253 e. The zero-order valence-electron chi connectivity index (χ0n) is 8.60. The molecule has 0 bridgehead atoms. The minimum absolute atomic E-state index is 0.104. The number of hydrogen-bond donors (Lipinski definition) is 1. The van der Waals surface area contributed by atoms with Crippen LogP contribution >= 0.6 is 0 Å². The van der Waals surface area contributed by atoms with Crippen molar-refractivity contribution in [2.75, 3.05) is 0 Å². The highest BCUT2D eigenvalue weighted by atomic mass is 16.3. The second-order valence-corrected chi connectivity index (χ2v) is 3.46. The van der Waals surface area contributed by atoms with Gasteiger partial charge < -0.3 is 5.11 Å². The van der Waals surface area contributed by atoms with Gasteiger partial charge in [-0.25, -0.2) is 4.98 Å². The first kappa shape index (κ1) is 10.9. The van der Waals surface area contributed by atoms with Gasteiger partial charge in [0.2, 0.25) is 0 Å². The summed E-state index contributed by atoms with van der Waals surface area (Å²) in [5.41, 5.74) is 0.601. The number of hydrogen-bond acceptors (Lipinski definition) is 3. The van der Waals surface area contributed by atoms with Gasteiger partial charge in [-0.3, -0.25) is 9.36 Å². The molecule has 4 nitrogen and oxygen atoms in total. The lowest BCUT2D eigenvalue weighted by atomic mass is 10.2. The lowest BCUT2D eigenvalue weighted by Gasteiger charge is -2.10. The second-order valence-electron chi connectivity index (χ2n) is 3.46. The van der Waals surface area contributed by atoms with Gasteiger partial charge in [-0.2, -0.15) is 0 Å². The average Bonchev–Trinajstić information content (AvgIpc) is 2.10. The van der Waals surface area contributed by atoms with Crippen LogP contribution in [0.2, 0.25) is 0 Å².